The molecule has 20 heavy (non-hydrogen) atoms. The lowest BCUT2D eigenvalue weighted by atomic mass is 10.1. The molecule has 0 saturated carbocycles. The first kappa shape index (κ1) is 15.0. The summed E-state index contributed by atoms with van der Waals surface area (Å²) in [6.07, 6.45) is 2.78. The zero-order valence-electron chi connectivity index (χ0n) is 12.4. The average molecular weight is 276 g/mol. The Morgan fingerprint density at radius 1 is 1.40 bits per heavy atom. The normalized spacial score (nSPS) is 17.0. The summed E-state index contributed by atoms with van der Waals surface area (Å²) in [6, 6.07) is 7.06. The molecule has 0 aliphatic heterocycles. The van der Waals surface area contributed by atoms with Crippen molar-refractivity contribution in [1.29, 1.82) is 0 Å². The maximum atomic E-state index is 11.6. The molecule has 2 rings (SSSR count). The molecule has 4 heteroatoms. The molecule has 1 aromatic rings. The summed E-state index contributed by atoms with van der Waals surface area (Å²) in [6.45, 7) is 3.99. The molecule has 1 aromatic carbocycles. The molecular formula is C16H24N2O2. The van der Waals surface area contributed by atoms with Crippen molar-refractivity contribution in [3.05, 3.63) is 34.9 Å². The van der Waals surface area contributed by atoms with E-state index in [1.807, 2.05) is 0 Å². The first-order valence-corrected chi connectivity index (χ1v) is 7.29. The zero-order valence-corrected chi connectivity index (χ0v) is 12.4. The Morgan fingerprint density at radius 2 is 2.25 bits per heavy atom. The van der Waals surface area contributed by atoms with E-state index in [4.69, 9.17) is 4.74 Å². The number of carbonyl (C=O) groups excluding carboxylic acids is 1. The van der Waals surface area contributed by atoms with Crippen LogP contribution in [0, 0.1) is 6.92 Å². The van der Waals surface area contributed by atoms with E-state index in [0.29, 0.717) is 25.6 Å². The van der Waals surface area contributed by atoms with Gasteiger partial charge in [0.15, 0.2) is 0 Å². The quantitative estimate of drug-likeness (QED) is 0.746. The Hall–Kier alpha value is -1.39. The third kappa shape index (κ3) is 4.05. The van der Waals surface area contributed by atoms with E-state index < -0.39 is 0 Å². The van der Waals surface area contributed by atoms with Crippen LogP contribution in [0.2, 0.25) is 0 Å². The lowest BCUT2D eigenvalue weighted by molar-refractivity contribution is -0.121. The molecule has 1 amide bonds. The third-order valence-electron chi connectivity index (χ3n) is 3.75. The van der Waals surface area contributed by atoms with Crippen LogP contribution in [0.15, 0.2) is 18.2 Å². The highest BCUT2D eigenvalue weighted by Crippen LogP contribution is 2.31. The molecule has 0 radical (unpaired) electrons. The number of benzene rings is 1. The molecule has 0 spiro atoms. The van der Waals surface area contributed by atoms with Crippen LogP contribution in [0.5, 0.6) is 0 Å². The summed E-state index contributed by atoms with van der Waals surface area (Å²) in [5.41, 5.74) is 4.15. The number of methoxy groups -OCH3 is 1. The second kappa shape index (κ2) is 7.41. The SMILES string of the molecule is COCCNC(=O)CCNC1CCc2ccc(C)cc21. The number of nitrogens with one attached hydrogen (secondary N) is 2. The van der Waals surface area contributed by atoms with Gasteiger partial charge in [0.2, 0.25) is 5.91 Å². The Balaban J connectivity index is 1.74. The maximum absolute atomic E-state index is 11.6. The van der Waals surface area contributed by atoms with Gasteiger partial charge in [0.25, 0.3) is 0 Å². The summed E-state index contributed by atoms with van der Waals surface area (Å²) in [7, 11) is 1.63. The molecule has 1 aliphatic carbocycles. The van der Waals surface area contributed by atoms with Gasteiger partial charge < -0.3 is 15.4 Å². The number of amides is 1. The van der Waals surface area contributed by atoms with E-state index in [1.165, 1.54) is 16.7 Å². The Bertz CT molecular complexity index is 460. The summed E-state index contributed by atoms with van der Waals surface area (Å²) in [4.78, 5) is 11.6. The van der Waals surface area contributed by atoms with Crippen molar-refractivity contribution in [2.24, 2.45) is 0 Å². The third-order valence-corrected chi connectivity index (χ3v) is 3.75. The number of aryl methyl sites for hydroxylation is 2. The van der Waals surface area contributed by atoms with E-state index >= 15 is 0 Å². The summed E-state index contributed by atoms with van der Waals surface area (Å²) >= 11 is 0. The van der Waals surface area contributed by atoms with Gasteiger partial charge in [-0.15, -0.1) is 0 Å². The van der Waals surface area contributed by atoms with Gasteiger partial charge in [-0.2, -0.15) is 0 Å². The van der Waals surface area contributed by atoms with E-state index in [9.17, 15) is 4.79 Å². The maximum Gasteiger partial charge on any atom is 0.221 e. The highest BCUT2D eigenvalue weighted by Gasteiger charge is 2.21. The van der Waals surface area contributed by atoms with Gasteiger partial charge in [0, 0.05) is 32.7 Å². The van der Waals surface area contributed by atoms with Crippen molar-refractivity contribution >= 4 is 5.91 Å². The Morgan fingerprint density at radius 3 is 3.05 bits per heavy atom. The summed E-state index contributed by atoms with van der Waals surface area (Å²) < 4.78 is 4.90. The second-order valence-corrected chi connectivity index (χ2v) is 5.34. The first-order valence-electron chi connectivity index (χ1n) is 7.29. The van der Waals surface area contributed by atoms with Crippen molar-refractivity contribution < 1.29 is 9.53 Å². The summed E-state index contributed by atoms with van der Waals surface area (Å²) in [5.74, 6) is 0.0806. The Kier molecular flexibility index (Phi) is 5.56. The molecule has 1 unspecified atom stereocenters. The molecule has 2 N–H and O–H groups in total. The van der Waals surface area contributed by atoms with Crippen molar-refractivity contribution in [3.63, 3.8) is 0 Å². The number of hydrogen-bond donors (Lipinski definition) is 2. The van der Waals surface area contributed by atoms with Crippen LogP contribution in [-0.4, -0.2) is 32.7 Å². The van der Waals surface area contributed by atoms with Crippen molar-refractivity contribution in [3.8, 4) is 0 Å². The van der Waals surface area contributed by atoms with Crippen LogP contribution in [-0.2, 0) is 16.0 Å². The van der Waals surface area contributed by atoms with Crippen LogP contribution in [0.1, 0.15) is 35.6 Å². The monoisotopic (exact) mass is 276 g/mol. The van der Waals surface area contributed by atoms with Gasteiger partial charge in [0.1, 0.15) is 0 Å². The number of ether oxygens (including phenoxy) is 1. The molecule has 1 aliphatic rings. The molecule has 0 heterocycles. The first-order chi connectivity index (χ1) is 9.70. The smallest absolute Gasteiger partial charge is 0.221 e. The highest BCUT2D eigenvalue weighted by molar-refractivity contribution is 5.76. The van der Waals surface area contributed by atoms with Crippen molar-refractivity contribution in [2.45, 2.75) is 32.2 Å². The van der Waals surface area contributed by atoms with E-state index in [-0.39, 0.29) is 5.91 Å². The highest BCUT2D eigenvalue weighted by atomic mass is 16.5. The lowest BCUT2D eigenvalue weighted by Gasteiger charge is -2.14. The molecular weight excluding hydrogens is 252 g/mol. The largest absolute Gasteiger partial charge is 0.383 e. The topological polar surface area (TPSA) is 50.4 Å². The molecule has 0 saturated heterocycles. The predicted molar refractivity (Wildman–Crippen MR) is 79.7 cm³/mol. The molecule has 0 aromatic heterocycles. The van der Waals surface area contributed by atoms with Gasteiger partial charge in [0.05, 0.1) is 6.61 Å². The molecule has 110 valence electrons. The fourth-order valence-corrected chi connectivity index (χ4v) is 2.67. The van der Waals surface area contributed by atoms with Gasteiger partial charge in [-0.25, -0.2) is 0 Å². The van der Waals surface area contributed by atoms with Crippen LogP contribution in [0.3, 0.4) is 0 Å². The fraction of sp³-hybridized carbons (Fsp3) is 0.562. The minimum atomic E-state index is 0.0806. The number of carbonyl (C=O) groups is 1. The molecule has 0 fully saturated rings. The van der Waals surface area contributed by atoms with Crippen molar-refractivity contribution in [1.82, 2.24) is 10.6 Å². The minimum Gasteiger partial charge on any atom is -0.383 e. The van der Waals surface area contributed by atoms with Gasteiger partial charge in [-0.05, 0) is 30.9 Å². The lowest BCUT2D eigenvalue weighted by Crippen LogP contribution is -2.31. The second-order valence-electron chi connectivity index (χ2n) is 5.34. The van der Waals surface area contributed by atoms with Crippen LogP contribution < -0.4 is 10.6 Å². The molecule has 4 nitrogen and oxygen atoms in total. The minimum absolute atomic E-state index is 0.0806. The molecule has 1 atom stereocenters. The average Bonchev–Trinajstić information content (AvgIpc) is 2.82. The molecule has 0 bridgehead atoms. The summed E-state index contributed by atoms with van der Waals surface area (Å²) in [5, 5.41) is 6.33. The number of fused-ring (bicyclic) bond motifs is 1. The number of hydrogen-bond acceptors (Lipinski definition) is 3. The van der Waals surface area contributed by atoms with E-state index in [0.717, 1.165) is 19.4 Å². The van der Waals surface area contributed by atoms with Crippen LogP contribution in [0.25, 0.3) is 0 Å². The van der Waals surface area contributed by atoms with Crippen molar-refractivity contribution in [2.75, 3.05) is 26.8 Å². The van der Waals surface area contributed by atoms with Crippen LogP contribution in [0.4, 0.5) is 0 Å². The van der Waals surface area contributed by atoms with Gasteiger partial charge in [-0.3, -0.25) is 4.79 Å². The predicted octanol–water partition coefficient (Wildman–Crippen LogP) is 1.72. The van der Waals surface area contributed by atoms with Gasteiger partial charge in [-0.1, -0.05) is 23.8 Å². The van der Waals surface area contributed by atoms with E-state index in [2.05, 4.69) is 35.8 Å². The van der Waals surface area contributed by atoms with Crippen LogP contribution >= 0.6 is 0 Å². The van der Waals surface area contributed by atoms with E-state index in [1.54, 1.807) is 7.11 Å². The standard InChI is InChI=1S/C16H24N2O2/c1-12-3-4-13-5-6-15(14(13)11-12)17-8-7-16(19)18-9-10-20-2/h3-4,11,15,17H,5-10H2,1-2H3,(H,18,19). The van der Waals surface area contributed by atoms with Gasteiger partial charge >= 0.3 is 0 Å². The number of rotatable bonds is 7. The zero-order chi connectivity index (χ0) is 14.4. The Labute approximate surface area is 120 Å². The fourth-order valence-electron chi connectivity index (χ4n) is 2.67.